The lowest BCUT2D eigenvalue weighted by atomic mass is 10.2. The third-order valence-corrected chi connectivity index (χ3v) is 3.81. The van der Waals surface area contributed by atoms with Crippen LogP contribution in [0, 0.1) is 3.57 Å². The van der Waals surface area contributed by atoms with Gasteiger partial charge in [-0.3, -0.25) is 0 Å². The molecule has 0 fully saturated rings. The number of esters is 1. The number of nitrogens with two attached hydrogens (primary N) is 1. The fraction of sp³-hybridized carbons (Fsp3) is 0.0625. The highest BCUT2D eigenvalue weighted by atomic mass is 127. The van der Waals surface area contributed by atoms with Gasteiger partial charge in [0.1, 0.15) is 5.82 Å². The van der Waals surface area contributed by atoms with E-state index in [1.54, 1.807) is 12.1 Å². The van der Waals surface area contributed by atoms with Crippen LogP contribution in [0.5, 0.6) is 0 Å². The topological polar surface area (TPSA) is 78.1 Å². The van der Waals surface area contributed by atoms with Crippen LogP contribution in [0.25, 0.3) is 10.9 Å². The molecule has 22 heavy (non-hydrogen) atoms. The molecule has 0 saturated heterocycles. The summed E-state index contributed by atoms with van der Waals surface area (Å²) in [6.07, 6.45) is 0. The van der Waals surface area contributed by atoms with E-state index in [0.717, 1.165) is 14.5 Å². The van der Waals surface area contributed by atoms with Gasteiger partial charge in [-0.05, 0) is 59.0 Å². The van der Waals surface area contributed by atoms with Crippen molar-refractivity contribution in [3.05, 3.63) is 63.5 Å². The standard InChI is InChI=1S/C16H12IN3O2/c17-11-7-5-10(6-8-11)16(21)22-9-14-19-13-4-2-1-3-12(13)15(18)20-14/h1-8H,9H2,(H2,18,19,20). The molecule has 110 valence electrons. The number of carbonyl (C=O) groups is 1. The summed E-state index contributed by atoms with van der Waals surface area (Å²) < 4.78 is 6.29. The number of rotatable bonds is 3. The number of benzene rings is 2. The minimum absolute atomic E-state index is 0.0140. The van der Waals surface area contributed by atoms with E-state index in [1.165, 1.54) is 0 Å². The van der Waals surface area contributed by atoms with Crippen LogP contribution in [-0.4, -0.2) is 15.9 Å². The van der Waals surface area contributed by atoms with E-state index in [9.17, 15) is 4.79 Å². The largest absolute Gasteiger partial charge is 0.454 e. The van der Waals surface area contributed by atoms with Crippen molar-refractivity contribution in [2.75, 3.05) is 5.73 Å². The molecule has 0 radical (unpaired) electrons. The van der Waals surface area contributed by atoms with E-state index < -0.39 is 5.97 Å². The molecule has 0 saturated carbocycles. The maximum atomic E-state index is 12.0. The van der Waals surface area contributed by atoms with Crippen molar-refractivity contribution in [3.8, 4) is 0 Å². The quantitative estimate of drug-likeness (QED) is 0.535. The summed E-state index contributed by atoms with van der Waals surface area (Å²) in [4.78, 5) is 20.5. The zero-order chi connectivity index (χ0) is 15.5. The first-order valence-corrected chi connectivity index (χ1v) is 7.65. The Kier molecular flexibility index (Phi) is 4.19. The number of nitrogen functional groups attached to an aromatic ring is 1. The average molecular weight is 405 g/mol. The van der Waals surface area contributed by atoms with Gasteiger partial charge in [0, 0.05) is 8.96 Å². The lowest BCUT2D eigenvalue weighted by Crippen LogP contribution is -2.08. The zero-order valence-electron chi connectivity index (χ0n) is 11.5. The highest BCUT2D eigenvalue weighted by Gasteiger charge is 2.10. The minimum Gasteiger partial charge on any atom is -0.454 e. The van der Waals surface area contributed by atoms with Crippen LogP contribution in [0.2, 0.25) is 0 Å². The number of anilines is 1. The first kappa shape index (κ1) is 14.7. The van der Waals surface area contributed by atoms with E-state index in [4.69, 9.17) is 10.5 Å². The number of aromatic nitrogens is 2. The van der Waals surface area contributed by atoms with Crippen LogP contribution in [0.4, 0.5) is 5.82 Å². The third-order valence-electron chi connectivity index (χ3n) is 3.09. The van der Waals surface area contributed by atoms with E-state index in [-0.39, 0.29) is 6.61 Å². The van der Waals surface area contributed by atoms with Crippen molar-refractivity contribution in [1.29, 1.82) is 0 Å². The van der Waals surface area contributed by atoms with Crippen molar-refractivity contribution in [2.24, 2.45) is 0 Å². The highest BCUT2D eigenvalue weighted by Crippen LogP contribution is 2.17. The van der Waals surface area contributed by atoms with E-state index >= 15 is 0 Å². The van der Waals surface area contributed by atoms with E-state index in [2.05, 4.69) is 32.6 Å². The monoisotopic (exact) mass is 405 g/mol. The molecule has 2 N–H and O–H groups in total. The lowest BCUT2D eigenvalue weighted by Gasteiger charge is -2.07. The molecule has 2 aromatic carbocycles. The minimum atomic E-state index is -0.410. The molecule has 5 nitrogen and oxygen atoms in total. The normalized spacial score (nSPS) is 10.6. The van der Waals surface area contributed by atoms with Crippen LogP contribution in [-0.2, 0) is 11.3 Å². The molecule has 1 aromatic heterocycles. The Balaban J connectivity index is 1.76. The predicted octanol–water partition coefficient (Wildman–Crippen LogP) is 3.17. The molecule has 6 heteroatoms. The molecule has 0 bridgehead atoms. The molecule has 0 aliphatic heterocycles. The highest BCUT2D eigenvalue weighted by molar-refractivity contribution is 14.1. The Bertz CT molecular complexity index is 834. The number of hydrogen-bond donors (Lipinski definition) is 1. The molecule has 0 atom stereocenters. The summed E-state index contributed by atoms with van der Waals surface area (Å²) in [5, 5.41) is 0.787. The van der Waals surface area contributed by atoms with Crippen molar-refractivity contribution in [2.45, 2.75) is 6.61 Å². The van der Waals surface area contributed by atoms with Crippen LogP contribution in [0.1, 0.15) is 16.2 Å². The molecule has 0 aliphatic rings. The van der Waals surface area contributed by atoms with Gasteiger partial charge in [0.25, 0.3) is 0 Å². The fourth-order valence-corrected chi connectivity index (χ4v) is 2.37. The van der Waals surface area contributed by atoms with Crippen molar-refractivity contribution >= 4 is 45.3 Å². The average Bonchev–Trinajstić information content (AvgIpc) is 2.53. The number of para-hydroxylation sites is 1. The van der Waals surface area contributed by atoms with Crippen LogP contribution in [0.3, 0.4) is 0 Å². The van der Waals surface area contributed by atoms with Gasteiger partial charge in [-0.15, -0.1) is 0 Å². The van der Waals surface area contributed by atoms with Crippen LogP contribution >= 0.6 is 22.6 Å². The molecular formula is C16H12IN3O2. The molecule has 3 rings (SSSR count). The third kappa shape index (κ3) is 3.16. The van der Waals surface area contributed by atoms with Crippen molar-refractivity contribution in [3.63, 3.8) is 0 Å². The van der Waals surface area contributed by atoms with E-state index in [1.807, 2.05) is 36.4 Å². The maximum Gasteiger partial charge on any atom is 0.338 e. The van der Waals surface area contributed by atoms with Gasteiger partial charge in [-0.25, -0.2) is 14.8 Å². The second kappa shape index (κ2) is 6.27. The molecule has 0 aliphatic carbocycles. The van der Waals surface area contributed by atoms with Gasteiger partial charge < -0.3 is 10.5 Å². The molecule has 3 aromatic rings. The number of hydrogen-bond acceptors (Lipinski definition) is 5. The molecule has 1 heterocycles. The summed E-state index contributed by atoms with van der Waals surface area (Å²) in [6.45, 7) is -0.0140. The Hall–Kier alpha value is -2.22. The maximum absolute atomic E-state index is 12.0. The van der Waals surface area contributed by atoms with Crippen LogP contribution in [0.15, 0.2) is 48.5 Å². The van der Waals surface area contributed by atoms with Gasteiger partial charge in [0.2, 0.25) is 0 Å². The predicted molar refractivity (Wildman–Crippen MR) is 92.2 cm³/mol. The molecule has 0 unspecified atom stereocenters. The summed E-state index contributed by atoms with van der Waals surface area (Å²) in [5.41, 5.74) is 7.13. The second-order valence-corrected chi connectivity index (χ2v) is 5.87. The molecule has 0 spiro atoms. The van der Waals surface area contributed by atoms with Gasteiger partial charge in [0.15, 0.2) is 12.4 Å². The Labute approximate surface area is 140 Å². The first-order valence-electron chi connectivity index (χ1n) is 6.57. The zero-order valence-corrected chi connectivity index (χ0v) is 13.6. The number of fused-ring (bicyclic) bond motifs is 1. The SMILES string of the molecule is Nc1nc(COC(=O)c2ccc(I)cc2)nc2ccccc12. The van der Waals surface area contributed by atoms with Crippen molar-refractivity contribution in [1.82, 2.24) is 9.97 Å². The smallest absolute Gasteiger partial charge is 0.338 e. The second-order valence-electron chi connectivity index (χ2n) is 4.63. The molecular weight excluding hydrogens is 393 g/mol. The number of ether oxygens (including phenoxy) is 1. The van der Waals surface area contributed by atoms with Gasteiger partial charge in [-0.2, -0.15) is 0 Å². The first-order chi connectivity index (χ1) is 10.6. The van der Waals surface area contributed by atoms with Gasteiger partial charge >= 0.3 is 5.97 Å². The van der Waals surface area contributed by atoms with E-state index in [0.29, 0.717) is 17.2 Å². The fourth-order valence-electron chi connectivity index (χ4n) is 2.01. The number of nitrogens with zero attached hydrogens (tertiary/aromatic N) is 2. The Morgan fingerprint density at radius 3 is 2.59 bits per heavy atom. The lowest BCUT2D eigenvalue weighted by molar-refractivity contribution is 0.0462. The van der Waals surface area contributed by atoms with Crippen LogP contribution < -0.4 is 5.73 Å². The van der Waals surface area contributed by atoms with Crippen molar-refractivity contribution < 1.29 is 9.53 Å². The van der Waals surface area contributed by atoms with Gasteiger partial charge in [-0.1, -0.05) is 12.1 Å². The van der Waals surface area contributed by atoms with Gasteiger partial charge in [0.05, 0.1) is 11.1 Å². The Morgan fingerprint density at radius 2 is 1.82 bits per heavy atom. The Morgan fingerprint density at radius 1 is 1.09 bits per heavy atom. The number of halogens is 1. The summed E-state index contributed by atoms with van der Waals surface area (Å²) in [7, 11) is 0. The summed E-state index contributed by atoms with van der Waals surface area (Å²) in [5.74, 6) is 0.354. The number of carbonyl (C=O) groups excluding carboxylic acids is 1. The summed E-state index contributed by atoms with van der Waals surface area (Å²) in [6, 6.07) is 14.6. The molecule has 0 amide bonds. The summed E-state index contributed by atoms with van der Waals surface area (Å²) >= 11 is 2.18.